The summed E-state index contributed by atoms with van der Waals surface area (Å²) in [5.74, 6) is -1.88. The predicted molar refractivity (Wildman–Crippen MR) is 115 cm³/mol. The maximum absolute atomic E-state index is 14.8. The topological polar surface area (TPSA) is 92.9 Å². The molecule has 0 unspecified atom stereocenters. The number of ketones is 1. The molecular weight excluding hydrogens is 415 g/mol. The standard InChI is InChI=1S/C24H21FN2O5/c1-13(2)31-16-10-8-15(9-11-16)22(28)20-21(17-6-4-5-7-18(17)25)27(24(30)23(20)29)19-12-14(3)32-26-19/h4-13,21,28H,1-3H3/t21-/m1/s1. The molecule has 2 aromatic carbocycles. The molecule has 0 bridgehead atoms. The van der Waals surface area contributed by atoms with Gasteiger partial charge in [0.1, 0.15) is 23.1 Å². The van der Waals surface area contributed by atoms with Crippen LogP contribution in [0.25, 0.3) is 5.76 Å². The third-order valence-electron chi connectivity index (χ3n) is 5.01. The Hall–Kier alpha value is -3.94. The van der Waals surface area contributed by atoms with E-state index in [1.54, 1.807) is 37.3 Å². The van der Waals surface area contributed by atoms with Gasteiger partial charge in [-0.05, 0) is 51.1 Å². The van der Waals surface area contributed by atoms with Crippen LogP contribution in [0.3, 0.4) is 0 Å². The number of carbonyl (C=O) groups excluding carboxylic acids is 2. The summed E-state index contributed by atoms with van der Waals surface area (Å²) >= 11 is 0. The highest BCUT2D eigenvalue weighted by molar-refractivity contribution is 6.51. The van der Waals surface area contributed by atoms with Crippen LogP contribution in [0.2, 0.25) is 0 Å². The second-order valence-electron chi connectivity index (χ2n) is 7.68. The molecule has 1 aliphatic heterocycles. The summed E-state index contributed by atoms with van der Waals surface area (Å²) in [7, 11) is 0. The molecule has 1 aliphatic rings. The van der Waals surface area contributed by atoms with Gasteiger partial charge in [-0.25, -0.2) is 4.39 Å². The minimum absolute atomic E-state index is 0.0354. The van der Waals surface area contributed by atoms with Crippen LogP contribution in [0.5, 0.6) is 5.75 Å². The molecule has 32 heavy (non-hydrogen) atoms. The van der Waals surface area contributed by atoms with Crippen molar-refractivity contribution >= 4 is 23.3 Å². The molecule has 1 saturated heterocycles. The molecule has 1 atom stereocenters. The fraction of sp³-hybridized carbons (Fsp3) is 0.208. The number of rotatable bonds is 5. The molecule has 1 amide bonds. The predicted octanol–water partition coefficient (Wildman–Crippen LogP) is 4.54. The lowest BCUT2D eigenvalue weighted by Crippen LogP contribution is -2.30. The zero-order chi connectivity index (χ0) is 23.0. The van der Waals surface area contributed by atoms with E-state index in [1.165, 1.54) is 24.3 Å². The first-order valence-corrected chi connectivity index (χ1v) is 10.0. The van der Waals surface area contributed by atoms with Crippen molar-refractivity contribution in [2.24, 2.45) is 0 Å². The number of hydrogen-bond acceptors (Lipinski definition) is 6. The minimum Gasteiger partial charge on any atom is -0.507 e. The summed E-state index contributed by atoms with van der Waals surface area (Å²) in [6, 6.07) is 12.4. The average Bonchev–Trinajstić information content (AvgIpc) is 3.29. The quantitative estimate of drug-likeness (QED) is 0.359. The third-order valence-corrected chi connectivity index (χ3v) is 5.01. The summed E-state index contributed by atoms with van der Waals surface area (Å²) in [6.45, 7) is 5.40. The van der Waals surface area contributed by atoms with Crippen LogP contribution in [0.4, 0.5) is 10.2 Å². The van der Waals surface area contributed by atoms with Crippen molar-refractivity contribution < 1.29 is 28.3 Å². The van der Waals surface area contributed by atoms with Gasteiger partial charge < -0.3 is 14.4 Å². The minimum atomic E-state index is -1.22. The van der Waals surface area contributed by atoms with Crippen molar-refractivity contribution in [1.29, 1.82) is 0 Å². The van der Waals surface area contributed by atoms with Gasteiger partial charge in [-0.3, -0.25) is 14.5 Å². The molecule has 0 saturated carbocycles. The monoisotopic (exact) mass is 436 g/mol. The summed E-state index contributed by atoms with van der Waals surface area (Å²) in [5, 5.41) is 14.9. The highest BCUT2D eigenvalue weighted by atomic mass is 19.1. The number of aliphatic hydroxyl groups excluding tert-OH is 1. The van der Waals surface area contributed by atoms with Crippen LogP contribution < -0.4 is 9.64 Å². The van der Waals surface area contributed by atoms with Crippen molar-refractivity contribution in [1.82, 2.24) is 5.16 Å². The number of Topliss-reactive ketones (excluding diaryl/α,β-unsaturated/α-hetero) is 1. The number of aryl methyl sites for hydroxylation is 1. The van der Waals surface area contributed by atoms with Crippen LogP contribution in [0, 0.1) is 12.7 Å². The van der Waals surface area contributed by atoms with Gasteiger partial charge in [0, 0.05) is 17.2 Å². The maximum Gasteiger partial charge on any atom is 0.301 e. The second kappa shape index (κ2) is 8.30. The highest BCUT2D eigenvalue weighted by Gasteiger charge is 2.48. The van der Waals surface area contributed by atoms with E-state index in [4.69, 9.17) is 9.26 Å². The lowest BCUT2D eigenvalue weighted by atomic mass is 9.95. The van der Waals surface area contributed by atoms with E-state index in [0.29, 0.717) is 11.5 Å². The van der Waals surface area contributed by atoms with E-state index in [9.17, 15) is 19.1 Å². The Labute approximate surface area is 183 Å². The number of halogens is 1. The van der Waals surface area contributed by atoms with Gasteiger partial charge in [-0.2, -0.15) is 0 Å². The first-order chi connectivity index (χ1) is 15.3. The summed E-state index contributed by atoms with van der Waals surface area (Å²) in [6.07, 6.45) is -0.0354. The number of anilines is 1. The zero-order valence-corrected chi connectivity index (χ0v) is 17.7. The van der Waals surface area contributed by atoms with Crippen LogP contribution in [0.1, 0.15) is 36.8 Å². The van der Waals surface area contributed by atoms with E-state index >= 15 is 0 Å². The molecule has 7 nitrogen and oxygen atoms in total. The van der Waals surface area contributed by atoms with E-state index in [1.807, 2.05) is 13.8 Å². The highest BCUT2D eigenvalue weighted by Crippen LogP contribution is 2.42. The van der Waals surface area contributed by atoms with Crippen molar-refractivity contribution in [2.75, 3.05) is 4.90 Å². The van der Waals surface area contributed by atoms with Gasteiger partial charge in [-0.1, -0.05) is 23.4 Å². The van der Waals surface area contributed by atoms with Crippen molar-refractivity contribution in [2.45, 2.75) is 32.9 Å². The molecule has 2 heterocycles. The van der Waals surface area contributed by atoms with E-state index in [-0.39, 0.29) is 28.6 Å². The van der Waals surface area contributed by atoms with Crippen molar-refractivity contribution in [3.63, 3.8) is 0 Å². The van der Waals surface area contributed by atoms with Gasteiger partial charge in [0.2, 0.25) is 0 Å². The molecule has 3 aromatic rings. The molecule has 1 N–H and O–H groups in total. The number of hydrogen-bond donors (Lipinski definition) is 1. The number of aromatic nitrogens is 1. The number of aliphatic hydroxyl groups is 1. The van der Waals surface area contributed by atoms with Crippen LogP contribution in [-0.4, -0.2) is 28.1 Å². The van der Waals surface area contributed by atoms with Crippen LogP contribution in [0.15, 0.2) is 64.7 Å². The molecule has 0 radical (unpaired) electrons. The Balaban J connectivity index is 1.87. The summed E-state index contributed by atoms with van der Waals surface area (Å²) in [4.78, 5) is 27.0. The Morgan fingerprint density at radius 1 is 1.16 bits per heavy atom. The smallest absolute Gasteiger partial charge is 0.301 e. The van der Waals surface area contributed by atoms with Crippen LogP contribution in [-0.2, 0) is 9.59 Å². The summed E-state index contributed by atoms with van der Waals surface area (Å²) in [5.41, 5.74) is 0.101. The van der Waals surface area contributed by atoms with Gasteiger partial charge >= 0.3 is 5.91 Å². The van der Waals surface area contributed by atoms with E-state index in [0.717, 1.165) is 4.90 Å². The van der Waals surface area contributed by atoms with E-state index in [2.05, 4.69) is 5.16 Å². The Morgan fingerprint density at radius 3 is 2.44 bits per heavy atom. The molecule has 164 valence electrons. The number of amides is 1. The zero-order valence-electron chi connectivity index (χ0n) is 17.7. The number of benzene rings is 2. The lowest BCUT2D eigenvalue weighted by Gasteiger charge is -2.23. The van der Waals surface area contributed by atoms with Crippen molar-refractivity contribution in [3.8, 4) is 5.75 Å². The maximum atomic E-state index is 14.8. The van der Waals surface area contributed by atoms with Gasteiger partial charge in [-0.15, -0.1) is 0 Å². The molecule has 0 aliphatic carbocycles. The van der Waals surface area contributed by atoms with Gasteiger partial charge in [0.05, 0.1) is 17.7 Å². The largest absolute Gasteiger partial charge is 0.507 e. The second-order valence-corrected chi connectivity index (χ2v) is 7.68. The lowest BCUT2D eigenvalue weighted by molar-refractivity contribution is -0.132. The van der Waals surface area contributed by atoms with Gasteiger partial charge in [0.25, 0.3) is 5.78 Å². The average molecular weight is 436 g/mol. The number of nitrogens with zero attached hydrogens (tertiary/aromatic N) is 2. The van der Waals surface area contributed by atoms with Crippen molar-refractivity contribution in [3.05, 3.63) is 82.9 Å². The third kappa shape index (κ3) is 3.75. The fourth-order valence-corrected chi connectivity index (χ4v) is 3.65. The number of carbonyl (C=O) groups is 2. The van der Waals surface area contributed by atoms with Crippen LogP contribution >= 0.6 is 0 Å². The number of ether oxygens (including phenoxy) is 1. The molecule has 4 rings (SSSR count). The Kier molecular flexibility index (Phi) is 5.52. The normalized spacial score (nSPS) is 17.9. The molecule has 1 aromatic heterocycles. The molecular formula is C24H21FN2O5. The first kappa shape index (κ1) is 21.3. The summed E-state index contributed by atoms with van der Waals surface area (Å²) < 4.78 is 25.4. The first-order valence-electron chi connectivity index (χ1n) is 10.0. The Bertz CT molecular complexity index is 1210. The molecule has 8 heteroatoms. The fourth-order valence-electron chi connectivity index (χ4n) is 3.65. The molecule has 1 fully saturated rings. The SMILES string of the molecule is Cc1cc(N2C(=O)C(=O)C(=C(O)c3ccc(OC(C)C)cc3)[C@H]2c2ccccc2F)no1. The molecule has 0 spiro atoms. The van der Waals surface area contributed by atoms with Gasteiger partial charge in [0.15, 0.2) is 5.82 Å². The Morgan fingerprint density at radius 2 is 1.84 bits per heavy atom. The van der Waals surface area contributed by atoms with E-state index < -0.39 is 29.3 Å².